The average Bonchev–Trinajstić information content (AvgIpc) is 3.01. The topological polar surface area (TPSA) is 40.5 Å². The molecule has 1 aromatic heterocycles. The molecule has 124 valence electrons. The monoisotopic (exact) mass is 340 g/mol. The Morgan fingerprint density at radius 2 is 1.91 bits per heavy atom. The summed E-state index contributed by atoms with van der Waals surface area (Å²) >= 11 is 3.67. The van der Waals surface area contributed by atoms with Gasteiger partial charge in [0.25, 0.3) is 0 Å². The van der Waals surface area contributed by atoms with Crippen molar-refractivity contribution >= 4 is 23.1 Å². The van der Waals surface area contributed by atoms with E-state index < -0.39 is 5.60 Å². The van der Waals surface area contributed by atoms with Gasteiger partial charge in [-0.15, -0.1) is 11.3 Å². The first-order chi connectivity index (χ1) is 10.6. The lowest BCUT2D eigenvalue weighted by molar-refractivity contribution is 0.0314. The van der Waals surface area contributed by atoms with Crippen molar-refractivity contribution in [3.8, 4) is 0 Å². The number of aliphatic hydroxyl groups excluding tert-OH is 1. The summed E-state index contributed by atoms with van der Waals surface area (Å²) < 4.78 is 0. The number of hydrogen-bond donors (Lipinski definition) is 2. The Hall–Kier alpha value is -0.0300. The molecule has 0 bridgehead atoms. The van der Waals surface area contributed by atoms with Crippen LogP contribution in [0.4, 0.5) is 0 Å². The zero-order chi connectivity index (χ0) is 15.6. The van der Waals surface area contributed by atoms with E-state index in [-0.39, 0.29) is 6.10 Å². The van der Waals surface area contributed by atoms with E-state index in [1.165, 1.54) is 24.1 Å². The maximum Gasteiger partial charge on any atom is 0.100 e. The summed E-state index contributed by atoms with van der Waals surface area (Å²) in [7, 11) is 0. The van der Waals surface area contributed by atoms with Gasteiger partial charge in [-0.1, -0.05) is 26.2 Å². The van der Waals surface area contributed by atoms with Gasteiger partial charge in [0.05, 0.1) is 6.10 Å². The summed E-state index contributed by atoms with van der Waals surface area (Å²) in [6, 6.07) is 2.14. The van der Waals surface area contributed by atoms with Crippen molar-refractivity contribution in [2.24, 2.45) is 5.92 Å². The summed E-state index contributed by atoms with van der Waals surface area (Å²) in [5.74, 6) is 2.49. The first kappa shape index (κ1) is 16.8. The summed E-state index contributed by atoms with van der Waals surface area (Å²) in [4.78, 5) is 2.37. The Morgan fingerprint density at radius 1 is 1.23 bits per heavy atom. The van der Waals surface area contributed by atoms with Gasteiger partial charge < -0.3 is 10.2 Å². The van der Waals surface area contributed by atoms with Crippen LogP contribution in [0.1, 0.15) is 73.3 Å². The maximum absolute atomic E-state index is 11.0. The van der Waals surface area contributed by atoms with Crippen LogP contribution < -0.4 is 0 Å². The highest BCUT2D eigenvalue weighted by molar-refractivity contribution is 7.99. The normalized spacial score (nSPS) is 24.3. The Morgan fingerprint density at radius 3 is 2.55 bits per heavy atom. The molecule has 1 unspecified atom stereocenters. The number of thiophene rings is 1. The van der Waals surface area contributed by atoms with Crippen LogP contribution in [-0.2, 0) is 12.0 Å². The molecule has 3 rings (SSSR count). The molecule has 2 nitrogen and oxygen atoms in total. The van der Waals surface area contributed by atoms with Gasteiger partial charge in [-0.3, -0.25) is 0 Å². The van der Waals surface area contributed by atoms with E-state index >= 15 is 0 Å². The Kier molecular flexibility index (Phi) is 5.54. The number of thioether (sulfide) groups is 1. The van der Waals surface area contributed by atoms with Crippen molar-refractivity contribution in [2.75, 3.05) is 11.5 Å². The Balaban J connectivity index is 1.84. The molecule has 0 aromatic carbocycles. The lowest BCUT2D eigenvalue weighted by atomic mass is 9.82. The van der Waals surface area contributed by atoms with Crippen molar-refractivity contribution in [1.82, 2.24) is 0 Å². The molecular formula is C18H28O2S2. The first-order valence-electron chi connectivity index (χ1n) is 8.75. The van der Waals surface area contributed by atoms with E-state index in [0.29, 0.717) is 5.92 Å². The standard InChI is InChI=1S/C18H28O2S2/c1-2-15-14(17(19)13-6-4-3-5-7-13)12-16(22-15)18(20)8-10-21-11-9-18/h12-13,17,19-20H,2-11H2,1H3. The molecule has 0 amide bonds. The van der Waals surface area contributed by atoms with Crippen LogP contribution in [0.15, 0.2) is 6.07 Å². The fourth-order valence-electron chi connectivity index (χ4n) is 3.86. The van der Waals surface area contributed by atoms with Crippen molar-refractivity contribution < 1.29 is 10.2 Å². The van der Waals surface area contributed by atoms with Gasteiger partial charge in [0, 0.05) is 9.75 Å². The van der Waals surface area contributed by atoms with Gasteiger partial charge >= 0.3 is 0 Å². The minimum Gasteiger partial charge on any atom is -0.388 e. The van der Waals surface area contributed by atoms with Crippen LogP contribution in [0.3, 0.4) is 0 Å². The van der Waals surface area contributed by atoms with Crippen LogP contribution in [0.5, 0.6) is 0 Å². The van der Waals surface area contributed by atoms with E-state index in [9.17, 15) is 10.2 Å². The molecule has 22 heavy (non-hydrogen) atoms. The zero-order valence-electron chi connectivity index (χ0n) is 13.5. The molecule has 2 aliphatic rings. The van der Waals surface area contributed by atoms with Crippen LogP contribution in [0.2, 0.25) is 0 Å². The van der Waals surface area contributed by atoms with Gasteiger partial charge in [-0.2, -0.15) is 11.8 Å². The summed E-state index contributed by atoms with van der Waals surface area (Å²) in [5, 5.41) is 21.9. The number of hydrogen-bond acceptors (Lipinski definition) is 4. The zero-order valence-corrected chi connectivity index (χ0v) is 15.1. The fraction of sp³-hybridized carbons (Fsp3) is 0.778. The lowest BCUT2D eigenvalue weighted by Gasteiger charge is -2.31. The third-order valence-electron chi connectivity index (χ3n) is 5.36. The van der Waals surface area contributed by atoms with E-state index in [1.807, 2.05) is 11.8 Å². The predicted octanol–water partition coefficient (Wildman–Crippen LogP) is 4.64. The quantitative estimate of drug-likeness (QED) is 0.839. The molecule has 0 radical (unpaired) electrons. The van der Waals surface area contributed by atoms with Crippen molar-refractivity contribution in [3.63, 3.8) is 0 Å². The SMILES string of the molecule is CCc1sc(C2(O)CCSCC2)cc1C(O)C1CCCCC1. The summed E-state index contributed by atoms with van der Waals surface area (Å²) in [6.45, 7) is 2.16. The average molecular weight is 341 g/mol. The second-order valence-electron chi connectivity index (χ2n) is 6.83. The third-order valence-corrected chi connectivity index (χ3v) is 7.83. The largest absolute Gasteiger partial charge is 0.388 e. The molecule has 1 saturated heterocycles. The lowest BCUT2D eigenvalue weighted by Crippen LogP contribution is -2.29. The molecule has 1 aliphatic heterocycles. The molecule has 0 spiro atoms. The van der Waals surface area contributed by atoms with Crippen molar-refractivity contribution in [1.29, 1.82) is 0 Å². The Labute approximate surface area is 142 Å². The van der Waals surface area contributed by atoms with Crippen LogP contribution in [0.25, 0.3) is 0 Å². The fourth-order valence-corrected chi connectivity index (χ4v) is 6.31. The number of aryl methyl sites for hydroxylation is 1. The van der Waals surface area contributed by atoms with Gasteiger partial charge in [0.1, 0.15) is 5.60 Å². The van der Waals surface area contributed by atoms with Crippen molar-refractivity contribution in [3.05, 3.63) is 21.4 Å². The minimum absolute atomic E-state index is 0.332. The van der Waals surface area contributed by atoms with Crippen LogP contribution in [0, 0.1) is 5.92 Å². The second kappa shape index (κ2) is 7.25. The molecule has 1 aliphatic carbocycles. The predicted molar refractivity (Wildman–Crippen MR) is 95.7 cm³/mol. The molecule has 2 heterocycles. The second-order valence-corrected chi connectivity index (χ2v) is 9.19. The highest BCUT2D eigenvalue weighted by atomic mass is 32.2. The van der Waals surface area contributed by atoms with E-state index in [4.69, 9.17) is 0 Å². The third kappa shape index (κ3) is 3.40. The number of aliphatic hydroxyl groups is 2. The highest BCUT2D eigenvalue weighted by Crippen LogP contribution is 2.44. The van der Waals surface area contributed by atoms with Gasteiger partial charge in [-0.05, 0) is 61.2 Å². The van der Waals surface area contributed by atoms with Crippen LogP contribution >= 0.6 is 23.1 Å². The molecule has 2 fully saturated rings. The molecule has 1 saturated carbocycles. The van der Waals surface area contributed by atoms with E-state index in [1.54, 1.807) is 11.3 Å². The molecule has 2 N–H and O–H groups in total. The van der Waals surface area contributed by atoms with Gasteiger partial charge in [-0.25, -0.2) is 0 Å². The maximum atomic E-state index is 11.0. The summed E-state index contributed by atoms with van der Waals surface area (Å²) in [5.41, 5.74) is 0.464. The van der Waals surface area contributed by atoms with Crippen LogP contribution in [-0.4, -0.2) is 21.7 Å². The highest BCUT2D eigenvalue weighted by Gasteiger charge is 2.35. The summed E-state index contributed by atoms with van der Waals surface area (Å²) in [6.07, 6.45) is 8.43. The molecule has 1 aromatic rings. The number of rotatable bonds is 4. The van der Waals surface area contributed by atoms with Gasteiger partial charge in [0.2, 0.25) is 0 Å². The Bertz CT molecular complexity index is 485. The van der Waals surface area contributed by atoms with E-state index in [0.717, 1.165) is 54.1 Å². The van der Waals surface area contributed by atoms with Crippen molar-refractivity contribution in [2.45, 2.75) is 70.0 Å². The molecular weight excluding hydrogens is 312 g/mol. The molecule has 1 atom stereocenters. The minimum atomic E-state index is -0.648. The van der Waals surface area contributed by atoms with Gasteiger partial charge in [0.15, 0.2) is 0 Å². The molecule has 4 heteroatoms. The van der Waals surface area contributed by atoms with E-state index in [2.05, 4.69) is 13.0 Å². The first-order valence-corrected chi connectivity index (χ1v) is 10.7. The smallest absolute Gasteiger partial charge is 0.100 e.